The maximum absolute atomic E-state index is 13.6. The average Bonchev–Trinajstić information content (AvgIpc) is 2.32. The minimum atomic E-state index is -0.489. The molecule has 1 aromatic carbocycles. The molecule has 0 spiro atoms. The van der Waals surface area contributed by atoms with Gasteiger partial charge in [-0.25, -0.2) is 4.39 Å². The minimum absolute atomic E-state index is 0.0189. The van der Waals surface area contributed by atoms with Crippen LogP contribution in [0, 0.1) is 5.82 Å². The van der Waals surface area contributed by atoms with Crippen LogP contribution in [0.5, 0.6) is 0 Å². The van der Waals surface area contributed by atoms with Gasteiger partial charge < -0.3 is 9.64 Å². The SMILES string of the molecule is C[C@@H]1COCCN1C(=O)c1cc(Br)ccc1F. The summed E-state index contributed by atoms with van der Waals surface area (Å²) < 4.78 is 19.6. The first kappa shape index (κ1) is 12.5. The molecule has 5 heteroatoms. The van der Waals surface area contributed by atoms with E-state index in [9.17, 15) is 9.18 Å². The third-order valence-electron chi connectivity index (χ3n) is 2.79. The van der Waals surface area contributed by atoms with Crippen molar-refractivity contribution in [3.8, 4) is 0 Å². The van der Waals surface area contributed by atoms with E-state index in [2.05, 4.69) is 15.9 Å². The first-order valence-corrected chi connectivity index (χ1v) is 6.22. The molecule has 0 radical (unpaired) electrons. The fourth-order valence-electron chi connectivity index (χ4n) is 1.84. The predicted octanol–water partition coefficient (Wildman–Crippen LogP) is 2.45. The quantitative estimate of drug-likeness (QED) is 0.797. The van der Waals surface area contributed by atoms with E-state index in [1.165, 1.54) is 12.1 Å². The minimum Gasteiger partial charge on any atom is -0.377 e. The van der Waals surface area contributed by atoms with Crippen LogP contribution in [0.3, 0.4) is 0 Å². The highest BCUT2D eigenvalue weighted by molar-refractivity contribution is 9.10. The van der Waals surface area contributed by atoms with E-state index in [0.717, 1.165) is 0 Å². The van der Waals surface area contributed by atoms with Crippen molar-refractivity contribution in [1.29, 1.82) is 0 Å². The molecule has 0 aromatic heterocycles. The number of nitrogens with zero attached hydrogens (tertiary/aromatic N) is 1. The molecule has 1 aromatic rings. The Morgan fingerprint density at radius 3 is 3.06 bits per heavy atom. The molecule has 3 nitrogen and oxygen atoms in total. The maximum atomic E-state index is 13.6. The second-order valence-electron chi connectivity index (χ2n) is 4.05. The molecule has 1 saturated heterocycles. The van der Waals surface area contributed by atoms with Crippen LogP contribution in [0.1, 0.15) is 17.3 Å². The first-order chi connectivity index (χ1) is 8.09. The normalized spacial score (nSPS) is 20.4. The summed E-state index contributed by atoms with van der Waals surface area (Å²) in [4.78, 5) is 13.8. The van der Waals surface area contributed by atoms with Crippen molar-refractivity contribution in [2.24, 2.45) is 0 Å². The molecule has 0 bridgehead atoms. The van der Waals surface area contributed by atoms with E-state index in [1.54, 1.807) is 11.0 Å². The van der Waals surface area contributed by atoms with Crippen LogP contribution in [0.4, 0.5) is 4.39 Å². The summed E-state index contributed by atoms with van der Waals surface area (Å²) in [6.45, 7) is 3.41. The summed E-state index contributed by atoms with van der Waals surface area (Å²) in [5.41, 5.74) is 0.105. The van der Waals surface area contributed by atoms with Gasteiger partial charge in [0, 0.05) is 11.0 Å². The summed E-state index contributed by atoms with van der Waals surface area (Å²) in [7, 11) is 0. The molecule has 0 aliphatic carbocycles. The van der Waals surface area contributed by atoms with E-state index in [4.69, 9.17) is 4.74 Å². The van der Waals surface area contributed by atoms with Crippen molar-refractivity contribution in [3.63, 3.8) is 0 Å². The zero-order chi connectivity index (χ0) is 12.4. The van der Waals surface area contributed by atoms with Gasteiger partial charge in [0.15, 0.2) is 0 Å². The molecular formula is C12H13BrFNO2. The van der Waals surface area contributed by atoms with E-state index in [-0.39, 0.29) is 17.5 Å². The number of hydrogen-bond acceptors (Lipinski definition) is 2. The summed E-state index contributed by atoms with van der Waals surface area (Å²) in [6.07, 6.45) is 0. The van der Waals surface area contributed by atoms with Gasteiger partial charge in [0.1, 0.15) is 5.82 Å². The van der Waals surface area contributed by atoms with Crippen molar-refractivity contribution < 1.29 is 13.9 Å². The Balaban J connectivity index is 2.26. The summed E-state index contributed by atoms with van der Waals surface area (Å²) in [5, 5.41) is 0. The van der Waals surface area contributed by atoms with Gasteiger partial charge in [-0.1, -0.05) is 15.9 Å². The standard InChI is InChI=1S/C12H13BrFNO2/c1-8-7-17-5-4-15(8)12(16)10-6-9(13)2-3-11(10)14/h2-3,6,8H,4-5,7H2,1H3/t8-/m1/s1. The van der Waals surface area contributed by atoms with Crippen LogP contribution in [0.25, 0.3) is 0 Å². The van der Waals surface area contributed by atoms with Gasteiger partial charge in [-0.2, -0.15) is 0 Å². The molecule has 92 valence electrons. The van der Waals surface area contributed by atoms with Crippen LogP contribution in [-0.4, -0.2) is 36.6 Å². The van der Waals surface area contributed by atoms with Crippen molar-refractivity contribution in [1.82, 2.24) is 4.90 Å². The molecule has 0 N–H and O–H groups in total. The highest BCUT2D eigenvalue weighted by atomic mass is 79.9. The molecule has 17 heavy (non-hydrogen) atoms. The lowest BCUT2D eigenvalue weighted by Gasteiger charge is -2.33. The van der Waals surface area contributed by atoms with E-state index in [0.29, 0.717) is 24.2 Å². The van der Waals surface area contributed by atoms with Crippen molar-refractivity contribution in [2.45, 2.75) is 13.0 Å². The molecule has 0 saturated carbocycles. The number of carbonyl (C=O) groups excluding carboxylic acids is 1. The number of benzene rings is 1. The number of rotatable bonds is 1. The predicted molar refractivity (Wildman–Crippen MR) is 65.4 cm³/mol. The molecule has 1 aliphatic heterocycles. The Hall–Kier alpha value is -0.940. The van der Waals surface area contributed by atoms with E-state index < -0.39 is 5.82 Å². The maximum Gasteiger partial charge on any atom is 0.257 e. The van der Waals surface area contributed by atoms with Gasteiger partial charge in [0.25, 0.3) is 5.91 Å². The largest absolute Gasteiger partial charge is 0.377 e. The molecular weight excluding hydrogens is 289 g/mol. The van der Waals surface area contributed by atoms with Gasteiger partial charge in [-0.3, -0.25) is 4.79 Å². The van der Waals surface area contributed by atoms with Gasteiger partial charge in [0.05, 0.1) is 24.8 Å². The molecule has 1 amide bonds. The number of morpholine rings is 1. The Kier molecular flexibility index (Phi) is 3.79. The third kappa shape index (κ3) is 2.66. The summed E-state index contributed by atoms with van der Waals surface area (Å²) in [6, 6.07) is 4.37. The Bertz CT molecular complexity index is 439. The van der Waals surface area contributed by atoms with E-state index in [1.807, 2.05) is 6.92 Å². The Morgan fingerprint density at radius 1 is 1.59 bits per heavy atom. The molecule has 1 atom stereocenters. The van der Waals surface area contributed by atoms with Crippen LogP contribution >= 0.6 is 15.9 Å². The van der Waals surface area contributed by atoms with Gasteiger partial charge >= 0.3 is 0 Å². The van der Waals surface area contributed by atoms with Crippen LogP contribution < -0.4 is 0 Å². The van der Waals surface area contributed by atoms with Gasteiger partial charge in [0.2, 0.25) is 0 Å². The third-order valence-corrected chi connectivity index (χ3v) is 3.28. The second-order valence-corrected chi connectivity index (χ2v) is 4.96. The summed E-state index contributed by atoms with van der Waals surface area (Å²) in [5.74, 6) is -0.767. The number of ether oxygens (including phenoxy) is 1. The zero-order valence-corrected chi connectivity index (χ0v) is 11.0. The summed E-state index contributed by atoms with van der Waals surface area (Å²) >= 11 is 3.24. The number of amides is 1. The Morgan fingerprint density at radius 2 is 2.35 bits per heavy atom. The molecule has 1 fully saturated rings. The highest BCUT2D eigenvalue weighted by Crippen LogP contribution is 2.19. The lowest BCUT2D eigenvalue weighted by Crippen LogP contribution is -2.47. The lowest BCUT2D eigenvalue weighted by atomic mass is 10.1. The van der Waals surface area contributed by atoms with Crippen LogP contribution in [0.2, 0.25) is 0 Å². The van der Waals surface area contributed by atoms with E-state index >= 15 is 0 Å². The smallest absolute Gasteiger partial charge is 0.257 e. The second kappa shape index (κ2) is 5.14. The fraction of sp³-hybridized carbons (Fsp3) is 0.417. The van der Waals surface area contributed by atoms with Crippen molar-refractivity contribution in [3.05, 3.63) is 34.1 Å². The fourth-order valence-corrected chi connectivity index (χ4v) is 2.21. The van der Waals surface area contributed by atoms with Crippen LogP contribution in [-0.2, 0) is 4.74 Å². The van der Waals surface area contributed by atoms with Gasteiger partial charge in [-0.15, -0.1) is 0 Å². The van der Waals surface area contributed by atoms with Crippen molar-refractivity contribution in [2.75, 3.05) is 19.8 Å². The van der Waals surface area contributed by atoms with Crippen molar-refractivity contribution >= 4 is 21.8 Å². The first-order valence-electron chi connectivity index (χ1n) is 5.43. The number of carbonyl (C=O) groups is 1. The number of hydrogen-bond donors (Lipinski definition) is 0. The van der Waals surface area contributed by atoms with Gasteiger partial charge in [-0.05, 0) is 25.1 Å². The molecule has 1 aliphatic rings. The molecule has 0 unspecified atom stereocenters. The lowest BCUT2D eigenvalue weighted by molar-refractivity contribution is 0.00334. The zero-order valence-electron chi connectivity index (χ0n) is 9.45. The highest BCUT2D eigenvalue weighted by Gasteiger charge is 2.26. The average molecular weight is 302 g/mol. The monoisotopic (exact) mass is 301 g/mol. The topological polar surface area (TPSA) is 29.5 Å². The number of halogens is 2. The Labute approximate surface area is 108 Å². The molecule has 2 rings (SSSR count). The van der Waals surface area contributed by atoms with Crippen LogP contribution in [0.15, 0.2) is 22.7 Å². The molecule has 1 heterocycles.